The molecule has 1 saturated heterocycles. The van der Waals surface area contributed by atoms with Crippen molar-refractivity contribution in [1.29, 1.82) is 0 Å². The molecular weight excluding hydrogens is 254 g/mol. The van der Waals surface area contributed by atoms with E-state index in [0.29, 0.717) is 11.4 Å². The molecule has 3 rings (SSSR count). The molecule has 4 N–H and O–H groups in total. The minimum absolute atomic E-state index is 0.377. The van der Waals surface area contributed by atoms with Crippen molar-refractivity contribution in [2.24, 2.45) is 0 Å². The number of rotatable bonds is 3. The van der Waals surface area contributed by atoms with E-state index < -0.39 is 24.5 Å². The van der Waals surface area contributed by atoms with Crippen molar-refractivity contribution in [3.05, 3.63) is 18.7 Å². The summed E-state index contributed by atoms with van der Waals surface area (Å²) in [5, 5.41) is 39.1. The van der Waals surface area contributed by atoms with Crippen LogP contribution >= 0.6 is 0 Å². The number of aromatic nitrogens is 5. The van der Waals surface area contributed by atoms with Gasteiger partial charge in [-0.05, 0) is 0 Å². The van der Waals surface area contributed by atoms with E-state index in [4.69, 9.17) is 9.84 Å². The molecule has 0 amide bonds. The minimum Gasteiger partial charge on any atom is -0.394 e. The van der Waals surface area contributed by atoms with Crippen molar-refractivity contribution < 1.29 is 20.1 Å². The zero-order valence-electron chi connectivity index (χ0n) is 9.79. The summed E-state index contributed by atoms with van der Waals surface area (Å²) in [7, 11) is 0. The molecule has 2 aromatic heterocycles. The maximum absolute atomic E-state index is 9.86. The van der Waals surface area contributed by atoms with Gasteiger partial charge in [0.2, 0.25) is 0 Å². The first-order chi connectivity index (χ1) is 9.20. The smallest absolute Gasteiger partial charge is 0.184 e. The van der Waals surface area contributed by atoms with Gasteiger partial charge in [0.25, 0.3) is 0 Å². The van der Waals surface area contributed by atoms with E-state index in [1.165, 1.54) is 11.0 Å². The number of nitrogens with one attached hydrogen (secondary N) is 1. The number of aliphatic hydroxyl groups excluding tert-OH is 3. The molecule has 0 aliphatic carbocycles. The molecule has 9 heteroatoms. The molecule has 0 saturated carbocycles. The number of nitrogens with zero attached hydrogens (tertiary/aromatic N) is 4. The third-order valence-corrected chi connectivity index (χ3v) is 3.04. The Morgan fingerprint density at radius 2 is 2.21 bits per heavy atom. The standard InChI is InChI=1S/C10H13N5O4/c16-3-6-7(17)8(18)10(19-6)15-4-11-9(14-15)5-1-12-13-2-5/h1-2,4,6-8,10,16-18H,3H2,(H,12,13)/t6-,7?,8+,10-/m1/s1. The van der Waals surface area contributed by atoms with Gasteiger partial charge in [0.15, 0.2) is 12.1 Å². The van der Waals surface area contributed by atoms with E-state index in [0.717, 1.165) is 0 Å². The Hall–Kier alpha value is -1.81. The van der Waals surface area contributed by atoms with E-state index in [-0.39, 0.29) is 6.61 Å². The number of H-pyrrole nitrogens is 1. The molecule has 1 aliphatic rings. The topological polar surface area (TPSA) is 129 Å². The van der Waals surface area contributed by atoms with Crippen molar-refractivity contribution >= 4 is 0 Å². The molecule has 1 aliphatic heterocycles. The molecule has 9 nitrogen and oxygen atoms in total. The van der Waals surface area contributed by atoms with Crippen LogP contribution in [0.2, 0.25) is 0 Å². The van der Waals surface area contributed by atoms with Crippen LogP contribution in [-0.2, 0) is 4.74 Å². The lowest BCUT2D eigenvalue weighted by Crippen LogP contribution is -2.33. The van der Waals surface area contributed by atoms with Crippen LogP contribution in [0.15, 0.2) is 18.7 Å². The summed E-state index contributed by atoms with van der Waals surface area (Å²) < 4.78 is 6.65. The van der Waals surface area contributed by atoms with Crippen LogP contribution in [0.4, 0.5) is 0 Å². The van der Waals surface area contributed by atoms with Crippen LogP contribution in [0.3, 0.4) is 0 Å². The highest BCUT2D eigenvalue weighted by molar-refractivity contribution is 5.50. The van der Waals surface area contributed by atoms with Crippen LogP contribution in [-0.4, -0.2) is 65.2 Å². The molecule has 0 bridgehead atoms. The highest BCUT2D eigenvalue weighted by Gasteiger charge is 2.43. The summed E-state index contributed by atoms with van der Waals surface area (Å²) in [5.41, 5.74) is 0.700. The summed E-state index contributed by atoms with van der Waals surface area (Å²) in [6.45, 7) is -0.377. The molecule has 1 unspecified atom stereocenters. The Labute approximate surface area is 107 Å². The zero-order valence-corrected chi connectivity index (χ0v) is 9.79. The van der Waals surface area contributed by atoms with E-state index in [2.05, 4.69) is 20.3 Å². The fourth-order valence-electron chi connectivity index (χ4n) is 2.00. The van der Waals surface area contributed by atoms with E-state index >= 15 is 0 Å². The lowest BCUT2D eigenvalue weighted by atomic mass is 10.1. The quantitative estimate of drug-likeness (QED) is 0.520. The number of aliphatic hydroxyl groups is 3. The second-order valence-electron chi connectivity index (χ2n) is 4.26. The lowest BCUT2D eigenvalue weighted by molar-refractivity contribution is -0.0587. The van der Waals surface area contributed by atoms with Crippen molar-refractivity contribution in [2.75, 3.05) is 6.61 Å². The average Bonchev–Trinajstić information content (AvgIpc) is 3.12. The number of aromatic amines is 1. The van der Waals surface area contributed by atoms with Crippen molar-refractivity contribution in [1.82, 2.24) is 25.0 Å². The van der Waals surface area contributed by atoms with Gasteiger partial charge in [0.1, 0.15) is 24.6 Å². The molecule has 1 fully saturated rings. The first-order valence-corrected chi connectivity index (χ1v) is 5.73. The van der Waals surface area contributed by atoms with Gasteiger partial charge in [-0.2, -0.15) is 5.10 Å². The summed E-state index contributed by atoms with van der Waals surface area (Å²) in [4.78, 5) is 4.07. The molecule has 19 heavy (non-hydrogen) atoms. The lowest BCUT2D eigenvalue weighted by Gasteiger charge is -2.13. The molecule has 0 radical (unpaired) electrons. The molecule has 3 heterocycles. The third-order valence-electron chi connectivity index (χ3n) is 3.04. The van der Waals surface area contributed by atoms with Crippen LogP contribution < -0.4 is 0 Å². The van der Waals surface area contributed by atoms with Crippen molar-refractivity contribution in [3.8, 4) is 11.4 Å². The normalized spacial score (nSPS) is 30.9. The van der Waals surface area contributed by atoms with Crippen molar-refractivity contribution in [2.45, 2.75) is 24.5 Å². The van der Waals surface area contributed by atoms with Crippen LogP contribution in [0.25, 0.3) is 11.4 Å². The highest BCUT2D eigenvalue weighted by atomic mass is 16.6. The monoisotopic (exact) mass is 267 g/mol. The van der Waals surface area contributed by atoms with Crippen molar-refractivity contribution in [3.63, 3.8) is 0 Å². The van der Waals surface area contributed by atoms with Gasteiger partial charge in [-0.1, -0.05) is 0 Å². The SMILES string of the molecule is OC[C@H]1O[C@@H](n2cnc(-c3cn[nH]c3)n2)[C@@H](O)C1O. The third kappa shape index (κ3) is 2.02. The van der Waals surface area contributed by atoms with Gasteiger partial charge in [-0.25, -0.2) is 9.67 Å². The summed E-state index contributed by atoms with van der Waals surface area (Å²) >= 11 is 0. The molecule has 0 aromatic carbocycles. The van der Waals surface area contributed by atoms with Gasteiger partial charge >= 0.3 is 0 Å². The van der Waals surface area contributed by atoms with Gasteiger partial charge in [-0.15, -0.1) is 5.10 Å². The number of hydrogen-bond acceptors (Lipinski definition) is 7. The number of hydrogen-bond donors (Lipinski definition) is 4. The highest BCUT2D eigenvalue weighted by Crippen LogP contribution is 2.29. The average molecular weight is 267 g/mol. The largest absolute Gasteiger partial charge is 0.394 e. The minimum atomic E-state index is -1.17. The zero-order chi connectivity index (χ0) is 13.4. The fourth-order valence-corrected chi connectivity index (χ4v) is 2.00. The summed E-state index contributed by atoms with van der Waals surface area (Å²) in [5.74, 6) is 0.423. The molecule has 0 spiro atoms. The van der Waals surface area contributed by atoms with Crippen LogP contribution in [0.5, 0.6) is 0 Å². The molecule has 2 aromatic rings. The Morgan fingerprint density at radius 1 is 1.37 bits per heavy atom. The summed E-state index contributed by atoms with van der Waals surface area (Å²) in [6.07, 6.45) is 0.561. The van der Waals surface area contributed by atoms with E-state index in [1.807, 2.05) is 0 Å². The first-order valence-electron chi connectivity index (χ1n) is 5.73. The second-order valence-corrected chi connectivity index (χ2v) is 4.26. The fraction of sp³-hybridized carbons (Fsp3) is 0.500. The van der Waals surface area contributed by atoms with Crippen LogP contribution in [0.1, 0.15) is 6.23 Å². The predicted molar refractivity (Wildman–Crippen MR) is 60.6 cm³/mol. The Kier molecular flexibility index (Phi) is 3.03. The van der Waals surface area contributed by atoms with Gasteiger partial charge in [0, 0.05) is 6.20 Å². The summed E-state index contributed by atoms with van der Waals surface area (Å²) in [6, 6.07) is 0. The maximum Gasteiger partial charge on any atom is 0.184 e. The molecular formula is C10H13N5O4. The second kappa shape index (κ2) is 4.70. The maximum atomic E-state index is 9.86. The first kappa shape index (κ1) is 12.2. The van der Waals surface area contributed by atoms with Gasteiger partial charge in [-0.3, -0.25) is 5.10 Å². The van der Waals surface area contributed by atoms with Crippen LogP contribution in [0, 0.1) is 0 Å². The Morgan fingerprint density at radius 3 is 2.84 bits per heavy atom. The molecule has 102 valence electrons. The number of ether oxygens (including phenoxy) is 1. The predicted octanol–water partition coefficient (Wildman–Crippen LogP) is -1.72. The molecule has 4 atom stereocenters. The Bertz CT molecular complexity index is 542. The van der Waals surface area contributed by atoms with E-state index in [1.54, 1.807) is 12.4 Å². The van der Waals surface area contributed by atoms with Gasteiger partial charge < -0.3 is 20.1 Å². The van der Waals surface area contributed by atoms with Gasteiger partial charge in [0.05, 0.1) is 18.4 Å². The van der Waals surface area contributed by atoms with E-state index in [9.17, 15) is 10.2 Å². The Balaban J connectivity index is 1.84.